The van der Waals surface area contributed by atoms with Crippen molar-refractivity contribution in [2.45, 2.75) is 32.9 Å². The Bertz CT molecular complexity index is 193. The Morgan fingerprint density at radius 2 is 2.15 bits per heavy atom. The molecule has 1 heterocycles. The summed E-state index contributed by atoms with van der Waals surface area (Å²) in [5.74, 6) is 3.49. The van der Waals surface area contributed by atoms with Gasteiger partial charge in [-0.25, -0.2) is 0 Å². The van der Waals surface area contributed by atoms with Crippen molar-refractivity contribution in [1.82, 2.24) is 10.2 Å². The van der Waals surface area contributed by atoms with E-state index in [0.29, 0.717) is 12.0 Å². The standard InChI is InChI=1S/C11H20N2/c1-5-10(4)13-7-6-12-8-11(13)9(2)3/h1,9-12H,6-8H2,2-4H3. The molecule has 1 rings (SSSR count). The summed E-state index contributed by atoms with van der Waals surface area (Å²) in [5, 5.41) is 3.41. The van der Waals surface area contributed by atoms with Gasteiger partial charge in [-0.05, 0) is 12.8 Å². The quantitative estimate of drug-likeness (QED) is 0.636. The van der Waals surface area contributed by atoms with Crippen LogP contribution < -0.4 is 5.32 Å². The maximum atomic E-state index is 5.45. The largest absolute Gasteiger partial charge is 0.314 e. The van der Waals surface area contributed by atoms with Crippen LogP contribution in [0.2, 0.25) is 0 Å². The van der Waals surface area contributed by atoms with Crippen LogP contribution >= 0.6 is 0 Å². The fourth-order valence-corrected chi connectivity index (χ4v) is 1.94. The van der Waals surface area contributed by atoms with Gasteiger partial charge in [-0.1, -0.05) is 19.8 Å². The maximum absolute atomic E-state index is 5.45. The molecule has 2 nitrogen and oxygen atoms in total. The molecule has 0 aliphatic carbocycles. The van der Waals surface area contributed by atoms with Gasteiger partial charge in [0.25, 0.3) is 0 Å². The number of hydrogen-bond donors (Lipinski definition) is 1. The first-order valence-corrected chi connectivity index (χ1v) is 5.09. The van der Waals surface area contributed by atoms with Gasteiger partial charge in [0.1, 0.15) is 0 Å². The first-order chi connectivity index (χ1) is 6.16. The van der Waals surface area contributed by atoms with Crippen molar-refractivity contribution < 1.29 is 0 Å². The van der Waals surface area contributed by atoms with E-state index in [1.807, 2.05) is 0 Å². The molecule has 1 aliphatic heterocycles. The SMILES string of the molecule is C#CC(C)N1CCNCC1C(C)C. The summed E-state index contributed by atoms with van der Waals surface area (Å²) in [6, 6.07) is 0.870. The molecule has 1 aliphatic rings. The first-order valence-electron chi connectivity index (χ1n) is 5.09. The molecule has 0 spiro atoms. The van der Waals surface area contributed by atoms with E-state index in [-0.39, 0.29) is 6.04 Å². The summed E-state index contributed by atoms with van der Waals surface area (Å²) < 4.78 is 0. The van der Waals surface area contributed by atoms with Crippen LogP contribution in [0.4, 0.5) is 0 Å². The number of nitrogens with one attached hydrogen (secondary N) is 1. The first kappa shape index (κ1) is 10.6. The lowest BCUT2D eigenvalue weighted by Crippen LogP contribution is -2.56. The Labute approximate surface area is 81.7 Å². The molecule has 0 saturated carbocycles. The minimum atomic E-state index is 0.273. The van der Waals surface area contributed by atoms with Crippen LogP contribution in [0, 0.1) is 18.3 Å². The smallest absolute Gasteiger partial charge is 0.0686 e. The van der Waals surface area contributed by atoms with Crippen LogP contribution in [0.15, 0.2) is 0 Å². The van der Waals surface area contributed by atoms with E-state index >= 15 is 0 Å². The van der Waals surface area contributed by atoms with E-state index in [9.17, 15) is 0 Å². The molecular formula is C11H20N2. The second-order valence-corrected chi connectivity index (χ2v) is 4.10. The molecule has 0 bridgehead atoms. The van der Waals surface area contributed by atoms with Crippen LogP contribution in [-0.2, 0) is 0 Å². The Balaban J connectivity index is 2.62. The summed E-state index contributed by atoms with van der Waals surface area (Å²) in [6.07, 6.45) is 5.45. The van der Waals surface area contributed by atoms with Gasteiger partial charge in [-0.3, -0.25) is 4.90 Å². The van der Waals surface area contributed by atoms with Crippen molar-refractivity contribution in [2.24, 2.45) is 5.92 Å². The van der Waals surface area contributed by atoms with Crippen molar-refractivity contribution in [3.63, 3.8) is 0 Å². The van der Waals surface area contributed by atoms with Gasteiger partial charge in [0.15, 0.2) is 0 Å². The molecule has 0 amide bonds. The van der Waals surface area contributed by atoms with E-state index in [0.717, 1.165) is 19.6 Å². The zero-order valence-electron chi connectivity index (χ0n) is 8.88. The van der Waals surface area contributed by atoms with E-state index in [2.05, 4.69) is 36.9 Å². The van der Waals surface area contributed by atoms with Crippen LogP contribution in [-0.4, -0.2) is 36.6 Å². The third kappa shape index (κ3) is 2.46. The number of rotatable bonds is 2. The molecule has 1 fully saturated rings. The van der Waals surface area contributed by atoms with E-state index in [1.54, 1.807) is 0 Å². The molecule has 74 valence electrons. The molecule has 2 heteroatoms. The van der Waals surface area contributed by atoms with Gasteiger partial charge in [-0.15, -0.1) is 6.42 Å². The summed E-state index contributed by atoms with van der Waals surface area (Å²) >= 11 is 0. The van der Waals surface area contributed by atoms with Crippen molar-refractivity contribution in [2.75, 3.05) is 19.6 Å². The van der Waals surface area contributed by atoms with Crippen LogP contribution in [0.5, 0.6) is 0 Å². The van der Waals surface area contributed by atoms with Crippen molar-refractivity contribution >= 4 is 0 Å². The van der Waals surface area contributed by atoms with E-state index in [1.165, 1.54) is 0 Å². The lowest BCUT2D eigenvalue weighted by molar-refractivity contribution is 0.107. The van der Waals surface area contributed by atoms with Gasteiger partial charge in [-0.2, -0.15) is 0 Å². The highest BCUT2D eigenvalue weighted by molar-refractivity contribution is 5.00. The number of piperazine rings is 1. The predicted octanol–water partition coefficient (Wildman–Crippen LogP) is 0.938. The van der Waals surface area contributed by atoms with Gasteiger partial charge in [0.05, 0.1) is 6.04 Å². The third-order valence-corrected chi connectivity index (χ3v) is 2.83. The Morgan fingerprint density at radius 1 is 1.46 bits per heavy atom. The van der Waals surface area contributed by atoms with Gasteiger partial charge in [0, 0.05) is 25.7 Å². The molecule has 2 unspecified atom stereocenters. The summed E-state index contributed by atoms with van der Waals surface area (Å²) in [7, 11) is 0. The second-order valence-electron chi connectivity index (χ2n) is 4.10. The lowest BCUT2D eigenvalue weighted by Gasteiger charge is -2.40. The predicted molar refractivity (Wildman–Crippen MR) is 56.5 cm³/mol. The third-order valence-electron chi connectivity index (χ3n) is 2.83. The molecule has 2 atom stereocenters. The Hall–Kier alpha value is -0.520. The number of hydrogen-bond acceptors (Lipinski definition) is 2. The lowest BCUT2D eigenvalue weighted by atomic mass is 9.99. The van der Waals surface area contributed by atoms with Gasteiger partial charge >= 0.3 is 0 Å². The highest BCUT2D eigenvalue weighted by atomic mass is 15.2. The molecule has 0 aromatic rings. The maximum Gasteiger partial charge on any atom is 0.0686 e. The molecule has 0 radical (unpaired) electrons. The van der Waals surface area contributed by atoms with Crippen LogP contribution in [0.25, 0.3) is 0 Å². The molecule has 1 saturated heterocycles. The minimum Gasteiger partial charge on any atom is -0.314 e. The van der Waals surface area contributed by atoms with Gasteiger partial charge < -0.3 is 5.32 Å². The van der Waals surface area contributed by atoms with Gasteiger partial charge in [0.2, 0.25) is 0 Å². The number of nitrogens with zero attached hydrogens (tertiary/aromatic N) is 1. The summed E-state index contributed by atoms with van der Waals surface area (Å²) in [6.45, 7) is 9.84. The zero-order valence-corrected chi connectivity index (χ0v) is 8.88. The molecule has 13 heavy (non-hydrogen) atoms. The molecule has 0 aromatic heterocycles. The Kier molecular flexibility index (Phi) is 3.77. The zero-order chi connectivity index (χ0) is 9.84. The van der Waals surface area contributed by atoms with Crippen molar-refractivity contribution in [3.8, 4) is 12.3 Å². The monoisotopic (exact) mass is 180 g/mol. The fourth-order valence-electron chi connectivity index (χ4n) is 1.94. The second kappa shape index (κ2) is 4.64. The number of terminal acetylenes is 1. The Morgan fingerprint density at radius 3 is 2.69 bits per heavy atom. The summed E-state index contributed by atoms with van der Waals surface area (Å²) in [5.41, 5.74) is 0. The van der Waals surface area contributed by atoms with Crippen molar-refractivity contribution in [1.29, 1.82) is 0 Å². The normalized spacial score (nSPS) is 27.2. The topological polar surface area (TPSA) is 15.3 Å². The fraction of sp³-hybridized carbons (Fsp3) is 0.818. The minimum absolute atomic E-state index is 0.273. The van der Waals surface area contributed by atoms with E-state index < -0.39 is 0 Å². The average molecular weight is 180 g/mol. The molecular weight excluding hydrogens is 160 g/mol. The average Bonchev–Trinajstić information content (AvgIpc) is 2.16. The molecule has 0 aromatic carbocycles. The van der Waals surface area contributed by atoms with Crippen LogP contribution in [0.3, 0.4) is 0 Å². The van der Waals surface area contributed by atoms with E-state index in [4.69, 9.17) is 6.42 Å². The van der Waals surface area contributed by atoms with Crippen molar-refractivity contribution in [3.05, 3.63) is 0 Å². The van der Waals surface area contributed by atoms with Crippen LogP contribution in [0.1, 0.15) is 20.8 Å². The molecule has 1 N–H and O–H groups in total. The highest BCUT2D eigenvalue weighted by Gasteiger charge is 2.27. The summed E-state index contributed by atoms with van der Waals surface area (Å²) in [4.78, 5) is 2.43. The highest BCUT2D eigenvalue weighted by Crippen LogP contribution is 2.15.